The first-order valence-electron chi connectivity index (χ1n) is 11.5. The quantitative estimate of drug-likeness (QED) is 0.338. The van der Waals surface area contributed by atoms with Crippen LogP contribution in [0.5, 0.6) is 0 Å². The maximum atomic E-state index is 13.0. The van der Waals surface area contributed by atoms with Crippen LogP contribution in [-0.4, -0.2) is 42.8 Å². The van der Waals surface area contributed by atoms with Gasteiger partial charge in [-0.1, -0.05) is 47.1 Å². The third-order valence-corrected chi connectivity index (χ3v) is 5.57. The molecule has 0 radical (unpaired) electrons. The number of ether oxygens (including phenoxy) is 1. The lowest BCUT2D eigenvalue weighted by molar-refractivity contribution is -0.117. The molecule has 11 heteroatoms. The molecule has 11 nitrogen and oxygen atoms in total. The normalized spacial score (nSPS) is 11.0. The standard InChI is InChI=1S/C26H22N6O5/c1-3-36-25(34)18-7-4-5-9-20(18)27-21(33)15-32-26(35)31-14-6-8-19(23(31)29-32)24-28-22(30-37-24)17-12-10-16(2)11-13-17/h4-14H,3,15H2,1-2H3,(H,27,33). The van der Waals surface area contributed by atoms with Crippen molar-refractivity contribution < 1.29 is 18.8 Å². The van der Waals surface area contributed by atoms with Gasteiger partial charge in [-0.2, -0.15) is 4.98 Å². The lowest BCUT2D eigenvalue weighted by atomic mass is 10.1. The molecule has 0 bridgehead atoms. The third kappa shape index (κ3) is 4.74. The maximum Gasteiger partial charge on any atom is 0.350 e. The molecule has 0 unspecified atom stereocenters. The summed E-state index contributed by atoms with van der Waals surface area (Å²) in [5.74, 6) is -0.509. The number of benzene rings is 2. The number of hydrogen-bond donors (Lipinski definition) is 1. The van der Waals surface area contributed by atoms with Crippen LogP contribution in [0.25, 0.3) is 28.5 Å². The number of carbonyl (C=O) groups excluding carboxylic acids is 2. The molecular formula is C26H22N6O5. The number of nitrogens with zero attached hydrogens (tertiary/aromatic N) is 5. The van der Waals surface area contributed by atoms with Gasteiger partial charge in [-0.3, -0.25) is 4.79 Å². The van der Waals surface area contributed by atoms with Crippen molar-refractivity contribution in [2.45, 2.75) is 20.4 Å². The van der Waals surface area contributed by atoms with E-state index in [9.17, 15) is 14.4 Å². The van der Waals surface area contributed by atoms with E-state index >= 15 is 0 Å². The molecule has 0 saturated carbocycles. The summed E-state index contributed by atoms with van der Waals surface area (Å²) in [6, 6.07) is 17.5. The van der Waals surface area contributed by atoms with Crippen LogP contribution in [0, 0.1) is 6.92 Å². The van der Waals surface area contributed by atoms with Gasteiger partial charge in [0.15, 0.2) is 5.65 Å². The number of esters is 1. The van der Waals surface area contributed by atoms with Gasteiger partial charge in [0.2, 0.25) is 11.7 Å². The molecule has 5 aromatic rings. The minimum absolute atomic E-state index is 0.186. The van der Waals surface area contributed by atoms with Crippen molar-refractivity contribution in [3.05, 3.63) is 88.5 Å². The van der Waals surface area contributed by atoms with Gasteiger partial charge in [-0.05, 0) is 38.1 Å². The van der Waals surface area contributed by atoms with E-state index in [0.29, 0.717) is 11.4 Å². The van der Waals surface area contributed by atoms with Crippen molar-refractivity contribution in [2.75, 3.05) is 11.9 Å². The minimum Gasteiger partial charge on any atom is -0.462 e. The van der Waals surface area contributed by atoms with Crippen LogP contribution in [0.2, 0.25) is 0 Å². The average molecular weight is 498 g/mol. The van der Waals surface area contributed by atoms with Gasteiger partial charge in [0.05, 0.1) is 23.4 Å². The number of pyridine rings is 1. The summed E-state index contributed by atoms with van der Waals surface area (Å²) in [6.07, 6.45) is 1.54. The van der Waals surface area contributed by atoms with Crippen LogP contribution in [0.15, 0.2) is 76.2 Å². The summed E-state index contributed by atoms with van der Waals surface area (Å²) >= 11 is 0. The number of carbonyl (C=O) groups is 2. The van der Waals surface area contributed by atoms with Gasteiger partial charge in [0.1, 0.15) is 6.54 Å². The molecule has 0 aliphatic carbocycles. The van der Waals surface area contributed by atoms with Crippen LogP contribution in [0.3, 0.4) is 0 Å². The first-order chi connectivity index (χ1) is 17.9. The molecule has 0 aliphatic rings. The summed E-state index contributed by atoms with van der Waals surface area (Å²) in [5.41, 5.74) is 2.56. The molecule has 186 valence electrons. The molecule has 0 spiro atoms. The second-order valence-corrected chi connectivity index (χ2v) is 8.16. The molecule has 0 saturated heterocycles. The van der Waals surface area contributed by atoms with E-state index in [1.165, 1.54) is 10.6 Å². The summed E-state index contributed by atoms with van der Waals surface area (Å²) in [5, 5.41) is 11.0. The Morgan fingerprint density at radius 2 is 1.84 bits per heavy atom. The zero-order chi connectivity index (χ0) is 25.9. The molecule has 0 aliphatic heterocycles. The van der Waals surface area contributed by atoms with E-state index in [-0.39, 0.29) is 35.9 Å². The highest BCUT2D eigenvalue weighted by Gasteiger charge is 2.20. The molecule has 3 heterocycles. The van der Waals surface area contributed by atoms with Crippen molar-refractivity contribution in [3.63, 3.8) is 0 Å². The summed E-state index contributed by atoms with van der Waals surface area (Å²) in [7, 11) is 0. The van der Waals surface area contributed by atoms with Crippen LogP contribution < -0.4 is 11.0 Å². The molecular weight excluding hydrogens is 476 g/mol. The van der Waals surface area contributed by atoms with E-state index in [1.54, 1.807) is 43.3 Å². The molecule has 1 amide bonds. The van der Waals surface area contributed by atoms with Crippen LogP contribution >= 0.6 is 0 Å². The smallest absolute Gasteiger partial charge is 0.350 e. The van der Waals surface area contributed by atoms with Gasteiger partial charge in [-0.25, -0.2) is 18.7 Å². The monoisotopic (exact) mass is 498 g/mol. The lowest BCUT2D eigenvalue weighted by Gasteiger charge is -2.10. The summed E-state index contributed by atoms with van der Waals surface area (Å²) in [4.78, 5) is 42.4. The van der Waals surface area contributed by atoms with E-state index in [0.717, 1.165) is 15.8 Å². The Bertz CT molecular complexity index is 1670. The number of anilines is 1. The third-order valence-electron chi connectivity index (χ3n) is 5.57. The first-order valence-corrected chi connectivity index (χ1v) is 11.5. The van der Waals surface area contributed by atoms with Gasteiger partial charge in [0.25, 0.3) is 5.89 Å². The number of amides is 1. The first kappa shape index (κ1) is 23.7. The highest BCUT2D eigenvalue weighted by Crippen LogP contribution is 2.25. The Labute approximate surface area is 210 Å². The highest BCUT2D eigenvalue weighted by atomic mass is 16.5. The Morgan fingerprint density at radius 3 is 2.62 bits per heavy atom. The van der Waals surface area contributed by atoms with Crippen molar-refractivity contribution in [2.24, 2.45) is 0 Å². The zero-order valence-electron chi connectivity index (χ0n) is 20.0. The Kier molecular flexibility index (Phi) is 6.33. The summed E-state index contributed by atoms with van der Waals surface area (Å²) < 4.78 is 12.8. The topological polar surface area (TPSA) is 134 Å². The second kappa shape index (κ2) is 9.90. The predicted molar refractivity (Wildman–Crippen MR) is 134 cm³/mol. The number of aromatic nitrogens is 5. The number of hydrogen-bond acceptors (Lipinski definition) is 8. The number of para-hydroxylation sites is 1. The maximum absolute atomic E-state index is 13.0. The van der Waals surface area contributed by atoms with Crippen molar-refractivity contribution in [3.8, 4) is 22.8 Å². The average Bonchev–Trinajstić information content (AvgIpc) is 3.50. The van der Waals surface area contributed by atoms with Crippen LogP contribution in [0.1, 0.15) is 22.8 Å². The molecule has 0 atom stereocenters. The number of nitrogens with one attached hydrogen (secondary N) is 1. The largest absolute Gasteiger partial charge is 0.462 e. The highest BCUT2D eigenvalue weighted by molar-refractivity contribution is 6.01. The van der Waals surface area contributed by atoms with E-state index in [1.807, 2.05) is 31.2 Å². The van der Waals surface area contributed by atoms with E-state index in [2.05, 4.69) is 20.6 Å². The minimum atomic E-state index is -0.558. The molecule has 1 N–H and O–H groups in total. The fraction of sp³-hybridized carbons (Fsp3) is 0.154. The fourth-order valence-corrected chi connectivity index (χ4v) is 3.77. The van der Waals surface area contributed by atoms with Gasteiger partial charge in [-0.15, -0.1) is 5.10 Å². The number of fused-ring (bicyclic) bond motifs is 1. The van der Waals surface area contributed by atoms with Gasteiger partial charge >= 0.3 is 11.7 Å². The Morgan fingerprint density at radius 1 is 1.05 bits per heavy atom. The number of aryl methyl sites for hydroxylation is 1. The molecule has 2 aromatic carbocycles. The second-order valence-electron chi connectivity index (χ2n) is 8.16. The predicted octanol–water partition coefficient (Wildman–Crippen LogP) is 3.34. The Hall–Kier alpha value is -5.06. The van der Waals surface area contributed by atoms with Crippen LogP contribution in [-0.2, 0) is 16.1 Å². The van der Waals surface area contributed by atoms with Crippen LogP contribution in [0.4, 0.5) is 5.69 Å². The van der Waals surface area contributed by atoms with Crippen molar-refractivity contribution >= 4 is 23.2 Å². The Balaban J connectivity index is 1.42. The van der Waals surface area contributed by atoms with Crippen molar-refractivity contribution in [1.29, 1.82) is 0 Å². The van der Waals surface area contributed by atoms with Gasteiger partial charge in [0, 0.05) is 11.8 Å². The lowest BCUT2D eigenvalue weighted by Crippen LogP contribution is -2.28. The molecule has 3 aromatic heterocycles. The molecule has 37 heavy (non-hydrogen) atoms. The van der Waals surface area contributed by atoms with E-state index in [4.69, 9.17) is 9.26 Å². The van der Waals surface area contributed by atoms with E-state index < -0.39 is 17.6 Å². The molecule has 0 fully saturated rings. The SMILES string of the molecule is CCOC(=O)c1ccccc1NC(=O)Cn1nc2c(-c3nc(-c4ccc(C)cc4)no3)cccn2c1=O. The fourth-order valence-electron chi connectivity index (χ4n) is 3.77. The number of rotatable bonds is 7. The van der Waals surface area contributed by atoms with Crippen molar-refractivity contribution in [1.82, 2.24) is 24.3 Å². The zero-order valence-corrected chi connectivity index (χ0v) is 20.0. The molecule has 5 rings (SSSR count). The summed E-state index contributed by atoms with van der Waals surface area (Å²) in [6.45, 7) is 3.50. The van der Waals surface area contributed by atoms with Gasteiger partial charge < -0.3 is 14.6 Å².